The molecule has 1 unspecified atom stereocenters. The minimum Gasteiger partial charge on any atom is -0.467 e. The molecule has 1 atom stereocenters. The van der Waals surface area contributed by atoms with Crippen LogP contribution in [0.15, 0.2) is 57.2 Å². The molecule has 0 aliphatic heterocycles. The third-order valence-corrected chi connectivity index (χ3v) is 7.51. The molecule has 0 aromatic carbocycles. The van der Waals surface area contributed by atoms with Crippen LogP contribution in [-0.4, -0.2) is 14.5 Å². The van der Waals surface area contributed by atoms with Crippen LogP contribution in [0, 0.1) is 5.92 Å². The summed E-state index contributed by atoms with van der Waals surface area (Å²) in [5.41, 5.74) is 2.23. The average Bonchev–Trinajstić information content (AvgIpc) is 3.36. The normalized spacial score (nSPS) is 16.2. The van der Waals surface area contributed by atoms with Crippen LogP contribution in [0.4, 0.5) is 0 Å². The van der Waals surface area contributed by atoms with Crippen molar-refractivity contribution in [1.29, 1.82) is 0 Å². The molecular formula is C22H21N3O2S2. The fourth-order valence-electron chi connectivity index (χ4n) is 3.83. The molecule has 0 saturated carbocycles. The zero-order valence-corrected chi connectivity index (χ0v) is 17.8. The SMILES string of the molecule is CC1CCc2c(sc3nc(SCc4ccccn4)n(Cc4ccco4)c(=O)c23)C1. The van der Waals surface area contributed by atoms with Gasteiger partial charge in [0, 0.05) is 16.8 Å². The Hall–Kier alpha value is -2.38. The molecule has 1 aliphatic rings. The lowest BCUT2D eigenvalue weighted by Crippen LogP contribution is -2.24. The summed E-state index contributed by atoms with van der Waals surface area (Å²) in [4.78, 5) is 25.1. The van der Waals surface area contributed by atoms with Gasteiger partial charge in [-0.05, 0) is 55.0 Å². The quantitative estimate of drug-likeness (QED) is 0.337. The van der Waals surface area contributed by atoms with Gasteiger partial charge in [-0.1, -0.05) is 24.8 Å². The maximum Gasteiger partial charge on any atom is 0.263 e. The van der Waals surface area contributed by atoms with Crippen LogP contribution < -0.4 is 5.56 Å². The standard InChI is InChI=1S/C22H21N3O2S2/c1-14-7-8-17-18(11-14)29-20-19(17)21(26)25(12-16-6-4-10-27-16)22(24-20)28-13-15-5-2-3-9-23-15/h2-6,9-10,14H,7-8,11-13H2,1H3. The molecule has 5 rings (SSSR count). The van der Waals surface area contributed by atoms with Gasteiger partial charge in [-0.25, -0.2) is 4.98 Å². The van der Waals surface area contributed by atoms with Crippen molar-refractivity contribution in [3.05, 3.63) is 75.0 Å². The molecule has 0 bridgehead atoms. The van der Waals surface area contributed by atoms with Gasteiger partial charge in [0.1, 0.15) is 10.6 Å². The van der Waals surface area contributed by atoms with Gasteiger partial charge < -0.3 is 4.42 Å². The van der Waals surface area contributed by atoms with Gasteiger partial charge in [0.25, 0.3) is 5.56 Å². The highest BCUT2D eigenvalue weighted by Crippen LogP contribution is 2.36. The highest BCUT2D eigenvalue weighted by Gasteiger charge is 2.25. The largest absolute Gasteiger partial charge is 0.467 e. The third-order valence-electron chi connectivity index (χ3n) is 5.35. The van der Waals surface area contributed by atoms with E-state index in [-0.39, 0.29) is 5.56 Å². The number of nitrogens with zero attached hydrogens (tertiary/aromatic N) is 3. The van der Waals surface area contributed by atoms with Crippen molar-refractivity contribution >= 4 is 33.3 Å². The number of rotatable bonds is 5. The van der Waals surface area contributed by atoms with E-state index in [1.54, 1.807) is 40.1 Å². The summed E-state index contributed by atoms with van der Waals surface area (Å²) in [5, 5.41) is 1.53. The van der Waals surface area contributed by atoms with E-state index in [1.807, 2.05) is 30.3 Å². The Labute approximate surface area is 176 Å². The molecule has 4 heterocycles. The fourth-order valence-corrected chi connectivity index (χ4v) is 6.17. The van der Waals surface area contributed by atoms with Gasteiger partial charge in [-0.3, -0.25) is 14.3 Å². The number of furan rings is 1. The van der Waals surface area contributed by atoms with Crippen LogP contribution in [0.2, 0.25) is 0 Å². The van der Waals surface area contributed by atoms with Crippen molar-refractivity contribution in [2.45, 2.75) is 43.6 Å². The van der Waals surface area contributed by atoms with Crippen molar-refractivity contribution in [2.24, 2.45) is 5.92 Å². The number of aromatic nitrogens is 3. The maximum absolute atomic E-state index is 13.6. The number of thiophene rings is 1. The number of hydrogen-bond acceptors (Lipinski definition) is 6. The molecule has 7 heteroatoms. The molecule has 0 N–H and O–H groups in total. The van der Waals surface area contributed by atoms with Crippen molar-refractivity contribution < 1.29 is 4.42 Å². The Morgan fingerprint density at radius 1 is 1.31 bits per heavy atom. The summed E-state index contributed by atoms with van der Waals surface area (Å²) in [6, 6.07) is 9.62. The Bertz CT molecular complexity index is 1200. The number of aryl methyl sites for hydroxylation is 1. The Balaban J connectivity index is 1.60. The van der Waals surface area contributed by atoms with Crippen molar-refractivity contribution in [1.82, 2.24) is 14.5 Å². The molecule has 5 nitrogen and oxygen atoms in total. The van der Waals surface area contributed by atoms with E-state index in [4.69, 9.17) is 9.40 Å². The van der Waals surface area contributed by atoms with Crippen molar-refractivity contribution in [3.8, 4) is 0 Å². The Morgan fingerprint density at radius 2 is 2.24 bits per heavy atom. The van der Waals surface area contributed by atoms with Crippen LogP contribution in [0.25, 0.3) is 10.2 Å². The lowest BCUT2D eigenvalue weighted by molar-refractivity contribution is 0.476. The number of fused-ring (bicyclic) bond motifs is 3. The second-order valence-corrected chi connectivity index (χ2v) is 9.53. The molecule has 0 radical (unpaired) electrons. The molecule has 4 aromatic heterocycles. The Morgan fingerprint density at radius 3 is 3.03 bits per heavy atom. The highest BCUT2D eigenvalue weighted by atomic mass is 32.2. The first-order chi connectivity index (χ1) is 14.2. The first-order valence-electron chi connectivity index (χ1n) is 9.79. The van der Waals surface area contributed by atoms with Gasteiger partial charge in [0.2, 0.25) is 0 Å². The Kier molecular flexibility index (Phi) is 5.01. The van der Waals surface area contributed by atoms with Crippen molar-refractivity contribution in [2.75, 3.05) is 0 Å². The third kappa shape index (κ3) is 3.65. The van der Waals surface area contributed by atoms with Gasteiger partial charge in [0.15, 0.2) is 5.16 Å². The number of hydrogen-bond donors (Lipinski definition) is 0. The van der Waals surface area contributed by atoms with E-state index in [2.05, 4.69) is 11.9 Å². The van der Waals surface area contributed by atoms with Gasteiger partial charge in [-0.2, -0.15) is 0 Å². The van der Waals surface area contributed by atoms with Crippen LogP contribution in [0.3, 0.4) is 0 Å². The highest BCUT2D eigenvalue weighted by molar-refractivity contribution is 7.98. The molecule has 0 saturated heterocycles. The summed E-state index contributed by atoms with van der Waals surface area (Å²) in [6.45, 7) is 2.67. The minimum absolute atomic E-state index is 0.0435. The molecule has 0 spiro atoms. The minimum atomic E-state index is 0.0435. The van der Waals surface area contributed by atoms with E-state index in [1.165, 1.54) is 10.4 Å². The number of pyridine rings is 1. The smallest absolute Gasteiger partial charge is 0.263 e. The summed E-state index contributed by atoms with van der Waals surface area (Å²) in [6.07, 6.45) is 6.57. The van der Waals surface area contributed by atoms with Gasteiger partial charge in [-0.15, -0.1) is 11.3 Å². The monoisotopic (exact) mass is 423 g/mol. The van der Waals surface area contributed by atoms with E-state index >= 15 is 0 Å². The second kappa shape index (κ2) is 7.80. The fraction of sp³-hybridized carbons (Fsp3) is 0.318. The zero-order chi connectivity index (χ0) is 19.8. The lowest BCUT2D eigenvalue weighted by atomic mass is 9.89. The first-order valence-corrected chi connectivity index (χ1v) is 11.6. The summed E-state index contributed by atoms with van der Waals surface area (Å²) in [7, 11) is 0. The molecule has 1 aliphatic carbocycles. The summed E-state index contributed by atoms with van der Waals surface area (Å²) >= 11 is 3.25. The van der Waals surface area contributed by atoms with Crippen LogP contribution in [-0.2, 0) is 25.1 Å². The van der Waals surface area contributed by atoms with E-state index in [0.29, 0.717) is 18.2 Å². The van der Waals surface area contributed by atoms with Crippen LogP contribution in [0.1, 0.15) is 35.2 Å². The summed E-state index contributed by atoms with van der Waals surface area (Å²) < 4.78 is 7.29. The second-order valence-electron chi connectivity index (χ2n) is 7.51. The van der Waals surface area contributed by atoms with Crippen molar-refractivity contribution in [3.63, 3.8) is 0 Å². The van der Waals surface area contributed by atoms with Crippen LogP contribution >= 0.6 is 23.1 Å². The maximum atomic E-state index is 13.6. The van der Waals surface area contributed by atoms with Gasteiger partial charge in [0.05, 0.1) is 23.9 Å². The van der Waals surface area contributed by atoms with E-state index in [0.717, 1.165) is 46.1 Å². The first kappa shape index (κ1) is 18.6. The summed E-state index contributed by atoms with van der Waals surface area (Å²) in [5.74, 6) is 2.09. The lowest BCUT2D eigenvalue weighted by Gasteiger charge is -2.17. The topological polar surface area (TPSA) is 60.9 Å². The molecule has 4 aromatic rings. The zero-order valence-electron chi connectivity index (χ0n) is 16.1. The predicted molar refractivity (Wildman–Crippen MR) is 117 cm³/mol. The molecule has 148 valence electrons. The molecular weight excluding hydrogens is 402 g/mol. The molecule has 29 heavy (non-hydrogen) atoms. The van der Waals surface area contributed by atoms with E-state index < -0.39 is 0 Å². The van der Waals surface area contributed by atoms with Gasteiger partial charge >= 0.3 is 0 Å². The predicted octanol–water partition coefficient (Wildman–Crippen LogP) is 4.91. The number of thioether (sulfide) groups is 1. The molecule has 0 amide bonds. The van der Waals surface area contributed by atoms with Crippen LogP contribution in [0.5, 0.6) is 0 Å². The average molecular weight is 424 g/mol. The van der Waals surface area contributed by atoms with E-state index in [9.17, 15) is 4.79 Å². The molecule has 0 fully saturated rings.